The van der Waals surface area contributed by atoms with Gasteiger partial charge in [0, 0.05) is 20.2 Å². The first kappa shape index (κ1) is 13.7. The molecule has 0 saturated heterocycles. The van der Waals surface area contributed by atoms with Crippen LogP contribution in [-0.4, -0.2) is 43.9 Å². The number of urea groups is 1. The minimum atomic E-state index is -0.850. The van der Waals surface area contributed by atoms with Gasteiger partial charge in [-0.2, -0.15) is 0 Å². The number of nitrogens with one attached hydrogen (secondary N) is 2. The Morgan fingerprint density at radius 2 is 1.93 bits per heavy atom. The topological polar surface area (TPSA) is 87.7 Å². The third-order valence-corrected chi connectivity index (χ3v) is 1.88. The van der Waals surface area contributed by atoms with E-state index in [0.29, 0.717) is 26.1 Å². The maximum absolute atomic E-state index is 11.0. The molecule has 0 aliphatic rings. The molecule has 0 aromatic rings. The van der Waals surface area contributed by atoms with Crippen molar-refractivity contribution in [3.63, 3.8) is 0 Å². The molecule has 6 nitrogen and oxygen atoms in total. The predicted molar refractivity (Wildman–Crippen MR) is 54.7 cm³/mol. The van der Waals surface area contributed by atoms with Crippen LogP contribution >= 0.6 is 0 Å². The van der Waals surface area contributed by atoms with Crippen LogP contribution in [-0.2, 0) is 9.53 Å². The molecule has 6 heteroatoms. The maximum Gasteiger partial charge on any atom is 0.314 e. The summed E-state index contributed by atoms with van der Waals surface area (Å²) in [5, 5.41) is 13.7. The lowest BCUT2D eigenvalue weighted by Crippen LogP contribution is -2.38. The van der Waals surface area contributed by atoms with Crippen LogP contribution in [0.25, 0.3) is 0 Å². The monoisotopic (exact) mass is 218 g/mol. The van der Waals surface area contributed by atoms with E-state index in [-0.39, 0.29) is 6.03 Å². The van der Waals surface area contributed by atoms with E-state index in [1.807, 2.05) is 0 Å². The molecule has 1 atom stereocenters. The summed E-state index contributed by atoms with van der Waals surface area (Å²) in [5.41, 5.74) is 0. The molecule has 88 valence electrons. The van der Waals surface area contributed by atoms with Crippen LogP contribution in [0.1, 0.15) is 13.3 Å². The number of rotatable bonds is 7. The quantitative estimate of drug-likeness (QED) is 0.526. The summed E-state index contributed by atoms with van der Waals surface area (Å²) < 4.78 is 4.75. The van der Waals surface area contributed by atoms with Crippen molar-refractivity contribution in [1.82, 2.24) is 10.6 Å². The van der Waals surface area contributed by atoms with Gasteiger partial charge in [-0.3, -0.25) is 4.79 Å². The van der Waals surface area contributed by atoms with Crippen LogP contribution in [0.4, 0.5) is 4.79 Å². The third kappa shape index (κ3) is 7.75. The molecule has 0 rings (SSSR count). The normalized spacial score (nSPS) is 11.9. The van der Waals surface area contributed by atoms with E-state index in [1.165, 1.54) is 0 Å². The third-order valence-electron chi connectivity index (χ3n) is 1.88. The molecule has 0 radical (unpaired) electrons. The molecule has 1 unspecified atom stereocenters. The van der Waals surface area contributed by atoms with E-state index < -0.39 is 11.9 Å². The number of carbonyl (C=O) groups excluding carboxylic acids is 1. The van der Waals surface area contributed by atoms with Crippen LogP contribution < -0.4 is 10.6 Å². The predicted octanol–water partition coefficient (Wildman–Crippen LogP) is 0.0428. The van der Waals surface area contributed by atoms with Crippen LogP contribution in [0.2, 0.25) is 0 Å². The van der Waals surface area contributed by atoms with Gasteiger partial charge < -0.3 is 20.5 Å². The lowest BCUT2D eigenvalue weighted by molar-refractivity contribution is -0.141. The van der Waals surface area contributed by atoms with Gasteiger partial charge in [-0.25, -0.2) is 4.79 Å². The van der Waals surface area contributed by atoms with Gasteiger partial charge in [0.05, 0.1) is 12.5 Å². The molecule has 0 aromatic carbocycles. The SMILES string of the molecule is COCCNC(=O)NCCC(C)C(=O)O. The average molecular weight is 218 g/mol. The van der Waals surface area contributed by atoms with Crippen molar-refractivity contribution < 1.29 is 19.4 Å². The van der Waals surface area contributed by atoms with Gasteiger partial charge in [0.15, 0.2) is 0 Å². The molecule has 0 spiro atoms. The van der Waals surface area contributed by atoms with Crippen molar-refractivity contribution in [2.45, 2.75) is 13.3 Å². The Morgan fingerprint density at radius 1 is 1.33 bits per heavy atom. The highest BCUT2D eigenvalue weighted by Crippen LogP contribution is 1.99. The molecule has 0 fully saturated rings. The fourth-order valence-electron chi connectivity index (χ4n) is 0.855. The molecule has 2 amide bonds. The fraction of sp³-hybridized carbons (Fsp3) is 0.778. The highest BCUT2D eigenvalue weighted by molar-refractivity contribution is 5.74. The Morgan fingerprint density at radius 3 is 2.47 bits per heavy atom. The van der Waals surface area contributed by atoms with Crippen molar-refractivity contribution >= 4 is 12.0 Å². The number of carboxylic acid groups (broad SMARTS) is 1. The number of ether oxygens (including phenoxy) is 1. The molecular formula is C9H18N2O4. The fourth-order valence-corrected chi connectivity index (χ4v) is 0.855. The molecule has 0 aliphatic carbocycles. The zero-order valence-electron chi connectivity index (χ0n) is 9.08. The average Bonchev–Trinajstić information content (AvgIpc) is 2.18. The Hall–Kier alpha value is -1.30. The van der Waals surface area contributed by atoms with E-state index in [2.05, 4.69) is 10.6 Å². The van der Waals surface area contributed by atoms with Crippen molar-refractivity contribution in [2.24, 2.45) is 5.92 Å². The molecule has 15 heavy (non-hydrogen) atoms. The van der Waals surface area contributed by atoms with Crippen molar-refractivity contribution in [3.8, 4) is 0 Å². The maximum atomic E-state index is 11.0. The van der Waals surface area contributed by atoms with Crippen LogP contribution in [0.3, 0.4) is 0 Å². The van der Waals surface area contributed by atoms with Crippen molar-refractivity contribution in [1.29, 1.82) is 0 Å². The van der Waals surface area contributed by atoms with Gasteiger partial charge >= 0.3 is 12.0 Å². The second-order valence-corrected chi connectivity index (χ2v) is 3.20. The van der Waals surface area contributed by atoms with Gasteiger partial charge in [-0.1, -0.05) is 6.92 Å². The van der Waals surface area contributed by atoms with Gasteiger partial charge in [-0.05, 0) is 6.42 Å². The number of methoxy groups -OCH3 is 1. The summed E-state index contributed by atoms with van der Waals surface area (Å²) in [4.78, 5) is 21.5. The highest BCUT2D eigenvalue weighted by atomic mass is 16.5. The van der Waals surface area contributed by atoms with E-state index in [1.54, 1.807) is 14.0 Å². The Balaban J connectivity index is 3.42. The summed E-state index contributed by atoms with van der Waals surface area (Å²) in [7, 11) is 1.55. The largest absolute Gasteiger partial charge is 0.481 e. The first-order chi connectivity index (χ1) is 7.07. The molecule has 0 aromatic heterocycles. The number of aliphatic carboxylic acids is 1. The van der Waals surface area contributed by atoms with Crippen LogP contribution in [0, 0.1) is 5.92 Å². The zero-order valence-corrected chi connectivity index (χ0v) is 9.08. The summed E-state index contributed by atoms with van der Waals surface area (Å²) in [6, 6.07) is -0.301. The van der Waals surface area contributed by atoms with Crippen LogP contribution in [0.15, 0.2) is 0 Å². The van der Waals surface area contributed by atoms with Gasteiger partial charge in [0.2, 0.25) is 0 Å². The van der Waals surface area contributed by atoms with Gasteiger partial charge in [0.1, 0.15) is 0 Å². The molecular weight excluding hydrogens is 200 g/mol. The smallest absolute Gasteiger partial charge is 0.314 e. The van der Waals surface area contributed by atoms with E-state index in [4.69, 9.17) is 9.84 Å². The molecule has 0 saturated carbocycles. The summed E-state index contributed by atoms with van der Waals surface area (Å²) in [5.74, 6) is -1.29. The van der Waals surface area contributed by atoms with E-state index in [9.17, 15) is 9.59 Å². The summed E-state index contributed by atoms with van der Waals surface area (Å²) in [6.07, 6.45) is 0.424. The first-order valence-electron chi connectivity index (χ1n) is 4.81. The molecule has 0 aliphatic heterocycles. The number of carboxylic acids is 1. The lowest BCUT2D eigenvalue weighted by atomic mass is 10.1. The van der Waals surface area contributed by atoms with Crippen LogP contribution in [0.5, 0.6) is 0 Å². The standard InChI is InChI=1S/C9H18N2O4/c1-7(8(12)13)3-4-10-9(14)11-5-6-15-2/h7H,3-6H2,1-2H3,(H,12,13)(H2,10,11,14). The Bertz CT molecular complexity index is 208. The lowest BCUT2D eigenvalue weighted by Gasteiger charge is -2.08. The highest BCUT2D eigenvalue weighted by Gasteiger charge is 2.10. The van der Waals surface area contributed by atoms with Crippen molar-refractivity contribution in [3.05, 3.63) is 0 Å². The molecule has 3 N–H and O–H groups in total. The van der Waals surface area contributed by atoms with Gasteiger partial charge in [-0.15, -0.1) is 0 Å². The number of carbonyl (C=O) groups is 2. The second-order valence-electron chi connectivity index (χ2n) is 3.20. The molecule has 0 heterocycles. The van der Waals surface area contributed by atoms with Gasteiger partial charge in [0.25, 0.3) is 0 Å². The number of hydrogen-bond acceptors (Lipinski definition) is 3. The summed E-state index contributed by atoms with van der Waals surface area (Å²) in [6.45, 7) is 2.86. The minimum absolute atomic E-state index is 0.301. The first-order valence-corrected chi connectivity index (χ1v) is 4.81. The van der Waals surface area contributed by atoms with E-state index >= 15 is 0 Å². The van der Waals surface area contributed by atoms with E-state index in [0.717, 1.165) is 0 Å². The van der Waals surface area contributed by atoms with Crippen molar-refractivity contribution in [2.75, 3.05) is 26.8 Å². The Labute approximate surface area is 89.0 Å². The zero-order chi connectivity index (χ0) is 11.7. The minimum Gasteiger partial charge on any atom is -0.481 e. The molecule has 0 bridgehead atoms. The Kier molecular flexibility index (Phi) is 7.35. The summed E-state index contributed by atoms with van der Waals surface area (Å²) >= 11 is 0. The number of amides is 2. The second kappa shape index (κ2) is 8.05. The number of hydrogen-bond donors (Lipinski definition) is 3.